The molecule has 0 spiro atoms. The molecule has 0 rings (SSSR count). The highest BCUT2D eigenvalue weighted by Gasteiger charge is 2.51. The fraction of sp³-hybridized carbons (Fsp3) is 0.400. The molecule has 106 valence electrons. The van der Waals surface area contributed by atoms with E-state index in [4.69, 9.17) is 0 Å². The zero-order chi connectivity index (χ0) is 15.0. The first-order valence-electron chi connectivity index (χ1n) is 3.46. The summed E-state index contributed by atoms with van der Waals surface area (Å²) in [6.07, 6.45) is -1.15. The molecule has 0 N–H and O–H groups in total. The van der Waals surface area contributed by atoms with Gasteiger partial charge in [0.05, 0.1) is 5.41 Å². The predicted octanol–water partition coefficient (Wildman–Crippen LogP) is 0.896. The summed E-state index contributed by atoms with van der Waals surface area (Å²) in [5, 5.41) is -1.29. The number of hydrogen-bond donors (Lipinski definition) is 0. The van der Waals surface area contributed by atoms with Crippen molar-refractivity contribution in [3.8, 4) is 0 Å². The van der Waals surface area contributed by atoms with Gasteiger partial charge in [-0.05, 0) is 0 Å². The molecule has 0 aromatic heterocycles. The number of halogens is 6. The quantitative estimate of drug-likeness (QED) is 0.438. The van der Waals surface area contributed by atoms with E-state index in [1.165, 1.54) is 0 Å². The Bertz CT molecular complexity index is 562. The third-order valence-corrected chi connectivity index (χ3v) is 4.13. The van der Waals surface area contributed by atoms with E-state index < -0.39 is 47.3 Å². The Morgan fingerprint density at radius 3 is 1.44 bits per heavy atom. The average Bonchev–Trinajstić information content (AvgIpc) is 2.10. The summed E-state index contributed by atoms with van der Waals surface area (Å²) in [5.74, 6) is 0. The van der Waals surface area contributed by atoms with Gasteiger partial charge in [0.1, 0.15) is 4.91 Å². The normalized spacial score (nSPS) is 15.6. The Balaban J connectivity index is 6.05. The van der Waals surface area contributed by atoms with Gasteiger partial charge < -0.3 is 0 Å². The van der Waals surface area contributed by atoms with Crippen LogP contribution in [0.5, 0.6) is 0 Å². The van der Waals surface area contributed by atoms with Gasteiger partial charge in [-0.15, -0.1) is 0 Å². The van der Waals surface area contributed by atoms with Crippen LogP contribution in [0, 0.1) is 0 Å². The maximum Gasteiger partial charge on any atom is 0.502 e. The second-order valence-electron chi connectivity index (χ2n) is 2.58. The van der Waals surface area contributed by atoms with Crippen molar-refractivity contribution in [2.75, 3.05) is 0 Å². The Morgan fingerprint density at radius 2 is 1.22 bits per heavy atom. The van der Waals surface area contributed by atoms with Crippen LogP contribution in [-0.2, 0) is 24.5 Å². The Labute approximate surface area is 95.9 Å². The summed E-state index contributed by atoms with van der Waals surface area (Å²) in [4.78, 5) is 7.48. The van der Waals surface area contributed by atoms with Gasteiger partial charge in [0.15, 0.2) is 6.29 Å². The van der Waals surface area contributed by atoms with E-state index >= 15 is 0 Å². The maximum atomic E-state index is 11.9. The molecule has 0 unspecified atom stereocenters. The lowest BCUT2D eigenvalue weighted by Gasteiger charge is -2.08. The summed E-state index contributed by atoms with van der Waals surface area (Å²) in [6, 6.07) is 0. The van der Waals surface area contributed by atoms with Gasteiger partial charge in [0.2, 0.25) is 0 Å². The van der Waals surface area contributed by atoms with Crippen molar-refractivity contribution < 1.29 is 48.0 Å². The maximum absolute atomic E-state index is 11.9. The van der Waals surface area contributed by atoms with Crippen molar-refractivity contribution in [2.45, 2.75) is 11.0 Å². The molecule has 18 heavy (non-hydrogen) atoms. The monoisotopic (exact) mass is 320 g/mol. The van der Waals surface area contributed by atoms with E-state index in [-0.39, 0.29) is 0 Å². The van der Waals surface area contributed by atoms with Gasteiger partial charge in [0.25, 0.3) is 19.7 Å². The standard InChI is InChI=1S/C5H2F6O5S2/c6-4(7,8)17(13,14)2-3(1-12)18(15,16)5(9,10)11/h1-2H. The summed E-state index contributed by atoms with van der Waals surface area (Å²) in [6.45, 7) is 0. The highest BCUT2D eigenvalue weighted by molar-refractivity contribution is 7.99. The molecular weight excluding hydrogens is 318 g/mol. The minimum Gasteiger partial charge on any atom is -0.297 e. The molecule has 0 heterocycles. The lowest BCUT2D eigenvalue weighted by molar-refractivity contribution is -0.104. The first kappa shape index (κ1) is 16.9. The molecule has 0 fully saturated rings. The van der Waals surface area contributed by atoms with Crippen molar-refractivity contribution in [1.29, 1.82) is 0 Å². The SMILES string of the molecule is O=CC(=CS(=O)(=O)C(F)(F)F)S(=O)(=O)C(F)(F)F. The smallest absolute Gasteiger partial charge is 0.297 e. The van der Waals surface area contributed by atoms with Crippen LogP contribution >= 0.6 is 0 Å². The van der Waals surface area contributed by atoms with E-state index in [1.54, 1.807) is 0 Å². The topological polar surface area (TPSA) is 85.3 Å². The lowest BCUT2D eigenvalue weighted by atomic mass is 10.7. The zero-order valence-electron chi connectivity index (χ0n) is 7.78. The van der Waals surface area contributed by atoms with E-state index in [9.17, 15) is 48.0 Å². The zero-order valence-corrected chi connectivity index (χ0v) is 9.41. The molecule has 0 saturated carbocycles. The van der Waals surface area contributed by atoms with Crippen molar-refractivity contribution in [2.24, 2.45) is 0 Å². The molecule has 0 aliphatic carbocycles. The molecule has 13 heteroatoms. The minimum absolute atomic E-state index is 1.15. The van der Waals surface area contributed by atoms with E-state index in [2.05, 4.69) is 0 Å². The first-order valence-corrected chi connectivity index (χ1v) is 6.49. The van der Waals surface area contributed by atoms with Crippen molar-refractivity contribution in [1.82, 2.24) is 0 Å². The van der Waals surface area contributed by atoms with Gasteiger partial charge >= 0.3 is 11.0 Å². The van der Waals surface area contributed by atoms with E-state index in [0.29, 0.717) is 0 Å². The van der Waals surface area contributed by atoms with E-state index in [0.717, 1.165) is 0 Å². The number of sulfone groups is 2. The molecular formula is C5H2F6O5S2. The summed E-state index contributed by atoms with van der Waals surface area (Å²) < 4.78 is 113. The molecule has 0 radical (unpaired) electrons. The molecule has 0 aliphatic heterocycles. The first-order chi connectivity index (χ1) is 7.67. The summed E-state index contributed by atoms with van der Waals surface area (Å²) in [5.41, 5.74) is -12.1. The molecule has 0 aromatic rings. The number of carbonyl (C=O) groups is 1. The highest BCUT2D eigenvalue weighted by atomic mass is 32.2. The fourth-order valence-electron chi connectivity index (χ4n) is 0.508. The number of aldehydes is 1. The van der Waals surface area contributed by atoms with Gasteiger partial charge in [-0.3, -0.25) is 4.79 Å². The van der Waals surface area contributed by atoms with Crippen LogP contribution in [0.3, 0.4) is 0 Å². The molecule has 0 bridgehead atoms. The van der Waals surface area contributed by atoms with Crippen LogP contribution in [0.2, 0.25) is 0 Å². The molecule has 0 saturated heterocycles. The van der Waals surface area contributed by atoms with Gasteiger partial charge in [-0.1, -0.05) is 0 Å². The molecule has 0 atom stereocenters. The van der Waals surface area contributed by atoms with Crippen molar-refractivity contribution in [3.05, 3.63) is 10.3 Å². The second-order valence-corrected chi connectivity index (χ2v) is 6.31. The van der Waals surface area contributed by atoms with Crippen molar-refractivity contribution in [3.63, 3.8) is 0 Å². The van der Waals surface area contributed by atoms with Crippen LogP contribution < -0.4 is 0 Å². The van der Waals surface area contributed by atoms with Gasteiger partial charge in [0, 0.05) is 0 Å². The minimum atomic E-state index is -6.47. The van der Waals surface area contributed by atoms with Crippen LogP contribution in [0.15, 0.2) is 10.3 Å². The molecule has 5 nitrogen and oxygen atoms in total. The lowest BCUT2D eigenvalue weighted by Crippen LogP contribution is -2.28. The summed E-state index contributed by atoms with van der Waals surface area (Å²) >= 11 is 0. The van der Waals surface area contributed by atoms with Crippen molar-refractivity contribution >= 4 is 26.0 Å². The predicted molar refractivity (Wildman–Crippen MR) is 44.1 cm³/mol. The summed E-state index contributed by atoms with van der Waals surface area (Å²) in [7, 11) is -12.8. The molecule has 0 aromatic carbocycles. The Morgan fingerprint density at radius 1 is 0.833 bits per heavy atom. The number of allylic oxidation sites excluding steroid dienone is 1. The number of rotatable bonds is 3. The van der Waals surface area contributed by atoms with Gasteiger partial charge in [-0.25, -0.2) is 16.8 Å². The second kappa shape index (κ2) is 4.53. The Hall–Kier alpha value is -1.11. The van der Waals surface area contributed by atoms with Crippen LogP contribution in [0.1, 0.15) is 0 Å². The number of carbonyl (C=O) groups excluding carboxylic acids is 1. The van der Waals surface area contributed by atoms with Gasteiger partial charge in [-0.2, -0.15) is 26.3 Å². The third-order valence-electron chi connectivity index (χ3n) is 1.33. The average molecular weight is 320 g/mol. The molecule has 0 aliphatic rings. The molecule has 0 amide bonds. The number of alkyl halides is 6. The largest absolute Gasteiger partial charge is 0.502 e. The fourth-order valence-corrected chi connectivity index (χ4v) is 2.28. The third kappa shape index (κ3) is 3.22. The van der Waals surface area contributed by atoms with Crippen LogP contribution in [0.25, 0.3) is 0 Å². The van der Waals surface area contributed by atoms with Crippen LogP contribution in [0.4, 0.5) is 26.3 Å². The van der Waals surface area contributed by atoms with Crippen LogP contribution in [-0.4, -0.2) is 34.1 Å². The van der Waals surface area contributed by atoms with E-state index in [1.807, 2.05) is 0 Å². The Kier molecular flexibility index (Phi) is 4.25. The number of hydrogen-bond acceptors (Lipinski definition) is 5. The highest BCUT2D eigenvalue weighted by Crippen LogP contribution is 2.31.